The summed E-state index contributed by atoms with van der Waals surface area (Å²) in [6.45, 7) is 3.15. The van der Waals surface area contributed by atoms with E-state index < -0.39 is 0 Å². The molecule has 31 heavy (non-hydrogen) atoms. The standard InChI is InChI=1S/C22H20N4O4S/c27-21(16-6-7-17-18(12-16)30-14-29-17)25-23-13-19-20(15-4-2-1-3-5-15)24-22(31-19)26-8-10-28-11-9-26/h1-7,12-13H,8-11,14H2,(H,25,27)/b23-13-. The molecular formula is C22H20N4O4S. The highest BCUT2D eigenvalue weighted by molar-refractivity contribution is 7.17. The van der Waals surface area contributed by atoms with E-state index in [1.54, 1.807) is 35.8 Å². The first kappa shape index (κ1) is 19.5. The molecule has 158 valence electrons. The van der Waals surface area contributed by atoms with Gasteiger partial charge in [0.25, 0.3) is 5.91 Å². The molecular weight excluding hydrogens is 416 g/mol. The Morgan fingerprint density at radius 2 is 1.90 bits per heavy atom. The molecule has 0 atom stereocenters. The van der Waals surface area contributed by atoms with Crippen LogP contribution in [0.25, 0.3) is 11.3 Å². The number of nitrogens with zero attached hydrogens (tertiary/aromatic N) is 3. The van der Waals surface area contributed by atoms with Crippen LogP contribution in [-0.2, 0) is 4.74 Å². The summed E-state index contributed by atoms with van der Waals surface area (Å²) >= 11 is 1.55. The van der Waals surface area contributed by atoms with E-state index in [0.717, 1.165) is 34.4 Å². The van der Waals surface area contributed by atoms with Crippen molar-refractivity contribution in [3.05, 3.63) is 59.0 Å². The molecule has 0 bridgehead atoms. The van der Waals surface area contributed by atoms with Crippen molar-refractivity contribution in [1.29, 1.82) is 0 Å². The lowest BCUT2D eigenvalue weighted by molar-refractivity contribution is 0.0954. The molecule has 0 saturated carbocycles. The number of amides is 1. The molecule has 1 aromatic heterocycles. The summed E-state index contributed by atoms with van der Waals surface area (Å²) in [5, 5.41) is 5.11. The van der Waals surface area contributed by atoms with E-state index in [1.807, 2.05) is 30.3 Å². The number of nitrogens with one attached hydrogen (secondary N) is 1. The summed E-state index contributed by atoms with van der Waals surface area (Å²) in [5.74, 6) is 0.863. The number of fused-ring (bicyclic) bond motifs is 1. The maximum absolute atomic E-state index is 12.5. The fourth-order valence-corrected chi connectivity index (χ4v) is 4.36. The molecule has 3 aromatic rings. The molecule has 1 saturated heterocycles. The highest BCUT2D eigenvalue weighted by Gasteiger charge is 2.19. The van der Waals surface area contributed by atoms with Crippen molar-refractivity contribution in [2.45, 2.75) is 0 Å². The number of ether oxygens (including phenoxy) is 3. The van der Waals surface area contributed by atoms with Crippen molar-refractivity contribution in [2.75, 3.05) is 38.0 Å². The van der Waals surface area contributed by atoms with Gasteiger partial charge in [0.05, 0.1) is 30.0 Å². The monoisotopic (exact) mass is 436 g/mol. The molecule has 1 fully saturated rings. The normalized spacial score (nSPS) is 15.4. The lowest BCUT2D eigenvalue weighted by atomic mass is 10.1. The van der Waals surface area contributed by atoms with Crippen LogP contribution >= 0.6 is 11.3 Å². The van der Waals surface area contributed by atoms with Crippen LogP contribution in [0.15, 0.2) is 53.6 Å². The summed E-state index contributed by atoms with van der Waals surface area (Å²) in [5.41, 5.74) is 4.88. The number of hydrazone groups is 1. The number of anilines is 1. The molecule has 5 rings (SSSR count). The first-order valence-electron chi connectivity index (χ1n) is 9.90. The number of carbonyl (C=O) groups is 1. The Morgan fingerprint density at radius 1 is 1.10 bits per heavy atom. The van der Waals surface area contributed by atoms with Gasteiger partial charge >= 0.3 is 0 Å². The van der Waals surface area contributed by atoms with Crippen LogP contribution in [-0.4, -0.2) is 50.2 Å². The van der Waals surface area contributed by atoms with Gasteiger partial charge in [0.15, 0.2) is 16.6 Å². The summed E-state index contributed by atoms with van der Waals surface area (Å²) in [7, 11) is 0. The Kier molecular flexibility index (Phi) is 5.51. The predicted molar refractivity (Wildman–Crippen MR) is 118 cm³/mol. The highest BCUT2D eigenvalue weighted by Crippen LogP contribution is 2.33. The molecule has 2 aliphatic rings. The topological polar surface area (TPSA) is 85.3 Å². The third-order valence-corrected chi connectivity index (χ3v) is 6.00. The lowest BCUT2D eigenvalue weighted by Gasteiger charge is -2.26. The Labute approximate surface area is 183 Å². The van der Waals surface area contributed by atoms with E-state index in [2.05, 4.69) is 15.4 Å². The van der Waals surface area contributed by atoms with Crippen LogP contribution in [0, 0.1) is 0 Å². The molecule has 2 aliphatic heterocycles. The number of hydrogen-bond acceptors (Lipinski definition) is 8. The fraction of sp³-hybridized carbons (Fsp3) is 0.227. The molecule has 0 radical (unpaired) electrons. The van der Waals surface area contributed by atoms with Crippen molar-refractivity contribution in [3.63, 3.8) is 0 Å². The summed E-state index contributed by atoms with van der Waals surface area (Å²) in [6, 6.07) is 15.0. The van der Waals surface area contributed by atoms with Gasteiger partial charge in [0, 0.05) is 24.2 Å². The van der Waals surface area contributed by atoms with Crippen LogP contribution in [0.4, 0.5) is 5.13 Å². The summed E-state index contributed by atoms with van der Waals surface area (Å²) in [4.78, 5) is 20.4. The predicted octanol–water partition coefficient (Wildman–Crippen LogP) is 3.14. The molecule has 0 aliphatic carbocycles. The van der Waals surface area contributed by atoms with Crippen molar-refractivity contribution in [3.8, 4) is 22.8 Å². The van der Waals surface area contributed by atoms with Gasteiger partial charge < -0.3 is 19.1 Å². The second-order valence-electron chi connectivity index (χ2n) is 6.94. The van der Waals surface area contributed by atoms with E-state index in [4.69, 9.17) is 19.2 Å². The number of morpholine rings is 1. The van der Waals surface area contributed by atoms with E-state index in [-0.39, 0.29) is 12.7 Å². The van der Waals surface area contributed by atoms with Gasteiger partial charge in [-0.3, -0.25) is 4.79 Å². The Bertz CT molecular complexity index is 1110. The number of carbonyl (C=O) groups excluding carboxylic acids is 1. The Hall–Kier alpha value is -3.43. The smallest absolute Gasteiger partial charge is 0.271 e. The third kappa shape index (κ3) is 4.23. The number of aromatic nitrogens is 1. The van der Waals surface area contributed by atoms with Crippen molar-refractivity contribution < 1.29 is 19.0 Å². The van der Waals surface area contributed by atoms with Gasteiger partial charge in [0.1, 0.15) is 0 Å². The zero-order valence-corrected chi connectivity index (χ0v) is 17.4. The lowest BCUT2D eigenvalue weighted by Crippen LogP contribution is -2.36. The van der Waals surface area contributed by atoms with Gasteiger partial charge in [-0.2, -0.15) is 5.10 Å². The minimum absolute atomic E-state index is 0.164. The third-order valence-electron chi connectivity index (χ3n) is 4.95. The van der Waals surface area contributed by atoms with Gasteiger partial charge in [-0.25, -0.2) is 10.4 Å². The number of rotatable bonds is 5. The molecule has 9 heteroatoms. The van der Waals surface area contributed by atoms with Gasteiger partial charge in [-0.05, 0) is 18.2 Å². The van der Waals surface area contributed by atoms with Crippen LogP contribution in [0.5, 0.6) is 11.5 Å². The van der Waals surface area contributed by atoms with Crippen LogP contribution in [0.1, 0.15) is 15.2 Å². The Balaban J connectivity index is 1.36. The maximum atomic E-state index is 12.5. The maximum Gasteiger partial charge on any atom is 0.271 e. The van der Waals surface area contributed by atoms with Gasteiger partial charge in [0.2, 0.25) is 6.79 Å². The zero-order chi connectivity index (χ0) is 21.0. The average molecular weight is 436 g/mol. The number of benzene rings is 2. The van der Waals surface area contributed by atoms with Crippen LogP contribution < -0.4 is 19.8 Å². The minimum atomic E-state index is -0.325. The van der Waals surface area contributed by atoms with E-state index in [0.29, 0.717) is 30.3 Å². The number of thiazole rings is 1. The summed E-state index contributed by atoms with van der Waals surface area (Å²) in [6.07, 6.45) is 1.65. The molecule has 0 spiro atoms. The van der Waals surface area contributed by atoms with Crippen molar-refractivity contribution in [2.24, 2.45) is 5.10 Å². The van der Waals surface area contributed by atoms with Crippen molar-refractivity contribution >= 4 is 28.6 Å². The molecule has 1 amide bonds. The van der Waals surface area contributed by atoms with Gasteiger partial charge in [-0.1, -0.05) is 41.7 Å². The zero-order valence-electron chi connectivity index (χ0n) is 16.6. The SMILES string of the molecule is O=C(N/N=C\c1sc(N2CCOCC2)nc1-c1ccccc1)c1ccc2c(c1)OCO2. The van der Waals surface area contributed by atoms with Crippen LogP contribution in [0.2, 0.25) is 0 Å². The summed E-state index contributed by atoms with van der Waals surface area (Å²) < 4.78 is 16.1. The largest absolute Gasteiger partial charge is 0.454 e. The molecule has 2 aromatic carbocycles. The first-order valence-corrected chi connectivity index (χ1v) is 10.7. The minimum Gasteiger partial charge on any atom is -0.454 e. The molecule has 8 nitrogen and oxygen atoms in total. The van der Waals surface area contributed by atoms with E-state index in [9.17, 15) is 4.79 Å². The van der Waals surface area contributed by atoms with E-state index in [1.165, 1.54) is 0 Å². The average Bonchev–Trinajstić information content (AvgIpc) is 3.47. The molecule has 3 heterocycles. The fourth-order valence-electron chi connectivity index (χ4n) is 3.35. The van der Waals surface area contributed by atoms with Crippen LogP contribution in [0.3, 0.4) is 0 Å². The number of hydrogen-bond donors (Lipinski definition) is 1. The Morgan fingerprint density at radius 3 is 2.74 bits per heavy atom. The molecule has 1 N–H and O–H groups in total. The second kappa shape index (κ2) is 8.75. The second-order valence-corrected chi connectivity index (χ2v) is 7.95. The quantitative estimate of drug-likeness (QED) is 0.489. The highest BCUT2D eigenvalue weighted by atomic mass is 32.1. The van der Waals surface area contributed by atoms with Gasteiger partial charge in [-0.15, -0.1) is 0 Å². The molecule has 0 unspecified atom stereocenters. The van der Waals surface area contributed by atoms with Crippen molar-refractivity contribution in [1.82, 2.24) is 10.4 Å². The first-order chi connectivity index (χ1) is 15.3. The van der Waals surface area contributed by atoms with E-state index >= 15 is 0 Å².